The third kappa shape index (κ3) is 3.55. The molecular weight excluding hydrogens is 376 g/mol. The predicted molar refractivity (Wildman–Crippen MR) is 108 cm³/mol. The fraction of sp³-hybridized carbons (Fsp3) is 0.300. The largest absolute Gasteiger partial charge is 0.338 e. The second kappa shape index (κ2) is 7.55. The van der Waals surface area contributed by atoms with Crippen LogP contribution in [0.1, 0.15) is 14.5 Å². The zero-order valence-corrected chi connectivity index (χ0v) is 16.3. The van der Waals surface area contributed by atoms with Crippen molar-refractivity contribution < 1.29 is 9.59 Å². The van der Waals surface area contributed by atoms with Gasteiger partial charge in [-0.2, -0.15) is 5.10 Å². The highest BCUT2D eigenvalue weighted by Crippen LogP contribution is 2.18. The van der Waals surface area contributed by atoms with E-state index in [1.807, 2.05) is 31.2 Å². The lowest BCUT2D eigenvalue weighted by atomic mass is 10.2. The van der Waals surface area contributed by atoms with E-state index in [4.69, 9.17) is 0 Å². The zero-order valence-electron chi connectivity index (χ0n) is 15.5. The lowest BCUT2D eigenvalue weighted by molar-refractivity contribution is -0.133. The van der Waals surface area contributed by atoms with E-state index >= 15 is 0 Å². The minimum absolute atomic E-state index is 0.0117. The quantitative estimate of drug-likeness (QED) is 0.676. The van der Waals surface area contributed by atoms with Gasteiger partial charge in [0.2, 0.25) is 5.91 Å². The summed E-state index contributed by atoms with van der Waals surface area (Å²) in [5.74, 6) is -0.151. The molecule has 1 fully saturated rings. The Hall–Kier alpha value is -3.00. The van der Waals surface area contributed by atoms with Gasteiger partial charge in [0.15, 0.2) is 0 Å². The summed E-state index contributed by atoms with van der Waals surface area (Å²) >= 11 is 1.48. The van der Waals surface area contributed by atoms with Crippen molar-refractivity contribution in [3.8, 4) is 0 Å². The van der Waals surface area contributed by atoms with Gasteiger partial charge in [0.1, 0.15) is 6.54 Å². The van der Waals surface area contributed by atoms with Crippen molar-refractivity contribution >= 4 is 33.9 Å². The summed E-state index contributed by atoms with van der Waals surface area (Å²) in [6.45, 7) is 3.76. The molecule has 1 aromatic carbocycles. The van der Waals surface area contributed by atoms with E-state index in [1.165, 1.54) is 16.0 Å². The van der Waals surface area contributed by atoms with Gasteiger partial charge in [-0.25, -0.2) is 4.68 Å². The molecule has 0 N–H and O–H groups in total. The summed E-state index contributed by atoms with van der Waals surface area (Å²) in [5.41, 5.74) is -0.270. The molecule has 3 aromatic rings. The van der Waals surface area contributed by atoms with E-state index in [0.29, 0.717) is 31.6 Å². The summed E-state index contributed by atoms with van der Waals surface area (Å²) < 4.78 is 1.20. The number of hydrogen-bond acceptors (Lipinski definition) is 5. The molecular formula is C20H20N4O3S. The number of carbonyl (C=O) groups is 2. The van der Waals surface area contributed by atoms with Crippen molar-refractivity contribution in [2.24, 2.45) is 0 Å². The standard InChI is InChI=1S/C20H20N4O3S/c1-14-6-7-17(28-14)20(27)23-10-8-22(9-11-23)18(25)13-24-19(26)16-5-3-2-4-15(16)12-21-24/h2-7,12H,8-11,13H2,1H3. The molecule has 4 rings (SSSR count). The van der Waals surface area contributed by atoms with Crippen LogP contribution < -0.4 is 5.56 Å². The van der Waals surface area contributed by atoms with Crippen molar-refractivity contribution in [2.45, 2.75) is 13.5 Å². The maximum atomic E-state index is 12.6. The van der Waals surface area contributed by atoms with Gasteiger partial charge in [0.25, 0.3) is 11.5 Å². The molecule has 0 aliphatic carbocycles. The monoisotopic (exact) mass is 396 g/mol. The highest BCUT2D eigenvalue weighted by atomic mass is 32.1. The fourth-order valence-electron chi connectivity index (χ4n) is 3.33. The predicted octanol–water partition coefficient (Wildman–Crippen LogP) is 1.75. The number of fused-ring (bicyclic) bond motifs is 1. The van der Waals surface area contributed by atoms with Gasteiger partial charge in [0, 0.05) is 36.4 Å². The minimum atomic E-state index is -0.270. The van der Waals surface area contributed by atoms with Crippen LogP contribution in [0.15, 0.2) is 47.4 Å². The Morgan fingerprint density at radius 3 is 2.46 bits per heavy atom. The van der Waals surface area contributed by atoms with Crippen LogP contribution >= 0.6 is 11.3 Å². The van der Waals surface area contributed by atoms with Crippen molar-refractivity contribution in [2.75, 3.05) is 26.2 Å². The van der Waals surface area contributed by atoms with Crippen molar-refractivity contribution in [1.82, 2.24) is 19.6 Å². The molecule has 1 aliphatic heterocycles. The van der Waals surface area contributed by atoms with Crippen LogP contribution in [0, 0.1) is 6.92 Å². The lowest BCUT2D eigenvalue weighted by Gasteiger charge is -2.34. The molecule has 0 bridgehead atoms. The molecule has 2 aromatic heterocycles. The van der Waals surface area contributed by atoms with Crippen LogP contribution in [-0.2, 0) is 11.3 Å². The summed E-state index contributed by atoms with van der Waals surface area (Å²) in [7, 11) is 0. The van der Waals surface area contributed by atoms with Crippen LogP contribution in [0.5, 0.6) is 0 Å². The van der Waals surface area contributed by atoms with Crippen LogP contribution in [0.25, 0.3) is 10.8 Å². The third-order valence-electron chi connectivity index (χ3n) is 4.92. The molecule has 0 atom stereocenters. The van der Waals surface area contributed by atoms with Crippen molar-refractivity contribution in [3.05, 3.63) is 62.7 Å². The van der Waals surface area contributed by atoms with Crippen LogP contribution in [0.3, 0.4) is 0 Å². The molecule has 7 nitrogen and oxygen atoms in total. The number of carbonyl (C=O) groups excluding carboxylic acids is 2. The SMILES string of the molecule is Cc1ccc(C(=O)N2CCN(C(=O)Cn3ncc4ccccc4c3=O)CC2)s1. The molecule has 144 valence electrons. The molecule has 0 spiro atoms. The molecule has 2 amide bonds. The number of aromatic nitrogens is 2. The smallest absolute Gasteiger partial charge is 0.275 e. The van der Waals surface area contributed by atoms with Crippen molar-refractivity contribution in [1.29, 1.82) is 0 Å². The van der Waals surface area contributed by atoms with Gasteiger partial charge < -0.3 is 9.80 Å². The summed E-state index contributed by atoms with van der Waals surface area (Å²) in [4.78, 5) is 43.0. The molecule has 3 heterocycles. The van der Waals surface area contributed by atoms with Crippen LogP contribution in [0.2, 0.25) is 0 Å². The second-order valence-electron chi connectivity index (χ2n) is 6.78. The highest BCUT2D eigenvalue weighted by Gasteiger charge is 2.26. The average Bonchev–Trinajstić information content (AvgIpc) is 3.16. The van der Waals surface area contributed by atoms with Gasteiger partial charge >= 0.3 is 0 Å². The first kappa shape index (κ1) is 18.4. The molecule has 1 saturated heterocycles. The lowest BCUT2D eigenvalue weighted by Crippen LogP contribution is -2.51. The van der Waals surface area contributed by atoms with E-state index in [1.54, 1.807) is 28.1 Å². The number of benzene rings is 1. The molecule has 8 heteroatoms. The first-order valence-electron chi connectivity index (χ1n) is 9.11. The topological polar surface area (TPSA) is 75.5 Å². The highest BCUT2D eigenvalue weighted by molar-refractivity contribution is 7.13. The maximum absolute atomic E-state index is 12.6. The number of amides is 2. The van der Waals surface area contributed by atoms with E-state index < -0.39 is 0 Å². The zero-order chi connectivity index (χ0) is 19.7. The Kier molecular flexibility index (Phi) is 4.95. The number of nitrogens with zero attached hydrogens (tertiary/aromatic N) is 4. The Bertz CT molecular complexity index is 1100. The molecule has 0 radical (unpaired) electrons. The molecule has 1 aliphatic rings. The molecule has 28 heavy (non-hydrogen) atoms. The number of rotatable bonds is 3. The Morgan fingerprint density at radius 2 is 1.75 bits per heavy atom. The average molecular weight is 396 g/mol. The molecule has 0 unspecified atom stereocenters. The van der Waals surface area contributed by atoms with Gasteiger partial charge in [-0.3, -0.25) is 14.4 Å². The van der Waals surface area contributed by atoms with E-state index in [-0.39, 0.29) is 23.9 Å². The number of aryl methyl sites for hydroxylation is 1. The van der Waals surface area contributed by atoms with Gasteiger partial charge in [-0.05, 0) is 25.1 Å². The number of hydrogen-bond donors (Lipinski definition) is 0. The van der Waals surface area contributed by atoms with E-state index in [0.717, 1.165) is 15.1 Å². The Morgan fingerprint density at radius 1 is 1.04 bits per heavy atom. The van der Waals surface area contributed by atoms with Crippen LogP contribution in [-0.4, -0.2) is 57.6 Å². The Balaban J connectivity index is 1.40. The number of thiophene rings is 1. The van der Waals surface area contributed by atoms with Gasteiger partial charge in [-0.1, -0.05) is 18.2 Å². The van der Waals surface area contributed by atoms with E-state index in [2.05, 4.69) is 5.10 Å². The number of piperazine rings is 1. The minimum Gasteiger partial charge on any atom is -0.338 e. The normalized spacial score (nSPS) is 14.5. The van der Waals surface area contributed by atoms with E-state index in [9.17, 15) is 14.4 Å². The summed E-state index contributed by atoms with van der Waals surface area (Å²) in [6, 6.07) is 11.0. The third-order valence-corrected chi connectivity index (χ3v) is 5.91. The van der Waals surface area contributed by atoms with Gasteiger partial charge in [-0.15, -0.1) is 11.3 Å². The molecule has 0 saturated carbocycles. The maximum Gasteiger partial charge on any atom is 0.275 e. The fourth-order valence-corrected chi connectivity index (χ4v) is 4.17. The Labute approximate surface area is 165 Å². The van der Waals surface area contributed by atoms with Gasteiger partial charge in [0.05, 0.1) is 16.5 Å². The first-order valence-corrected chi connectivity index (χ1v) is 9.93. The second-order valence-corrected chi connectivity index (χ2v) is 8.07. The summed E-state index contributed by atoms with van der Waals surface area (Å²) in [6.07, 6.45) is 1.60. The first-order chi connectivity index (χ1) is 13.5. The van der Waals surface area contributed by atoms with Crippen LogP contribution in [0.4, 0.5) is 0 Å². The summed E-state index contributed by atoms with van der Waals surface area (Å²) in [5, 5.41) is 5.42. The van der Waals surface area contributed by atoms with Crippen molar-refractivity contribution in [3.63, 3.8) is 0 Å².